The summed E-state index contributed by atoms with van der Waals surface area (Å²) in [6, 6.07) is 0. The van der Waals surface area contributed by atoms with Crippen molar-refractivity contribution in [3.8, 4) is 0 Å². The van der Waals surface area contributed by atoms with E-state index in [9.17, 15) is 4.79 Å². The second-order valence-electron chi connectivity index (χ2n) is 2.52. The fourth-order valence-electron chi connectivity index (χ4n) is 0.778. The Morgan fingerprint density at radius 1 is 1.67 bits per heavy atom. The quantitative estimate of drug-likeness (QED) is 0.381. The molecule has 4 nitrogen and oxygen atoms in total. The van der Waals surface area contributed by atoms with Crippen LogP contribution in [-0.4, -0.2) is 19.1 Å². The Balaban J connectivity index is 0. The van der Waals surface area contributed by atoms with Crippen molar-refractivity contribution >= 4 is 18.4 Å². The molecule has 0 radical (unpaired) electrons. The van der Waals surface area contributed by atoms with Crippen LogP contribution in [0.4, 0.5) is 0 Å². The van der Waals surface area contributed by atoms with E-state index in [2.05, 4.69) is 5.43 Å². The average Bonchev–Trinajstić information content (AvgIpc) is 1.87. The number of hydrogen-bond acceptors (Lipinski definition) is 4. The van der Waals surface area contributed by atoms with E-state index >= 15 is 0 Å². The number of carbonyl (C=O) groups excluding carboxylic acids is 1. The average molecular weight is 197 g/mol. The monoisotopic (exact) mass is 196 g/mol. The summed E-state index contributed by atoms with van der Waals surface area (Å²) < 4.78 is 4.75. The highest BCUT2D eigenvalue weighted by Gasteiger charge is 2.07. The number of ether oxygens (including phenoxy) is 1. The molecule has 0 fully saturated rings. The molecule has 0 heterocycles. The van der Waals surface area contributed by atoms with Crippen molar-refractivity contribution < 1.29 is 9.53 Å². The van der Waals surface area contributed by atoms with Gasteiger partial charge < -0.3 is 4.74 Å². The third kappa shape index (κ3) is 7.78. The van der Waals surface area contributed by atoms with Crippen molar-refractivity contribution in [1.82, 2.24) is 5.43 Å². The molecule has 12 heavy (non-hydrogen) atoms. The van der Waals surface area contributed by atoms with Crippen molar-refractivity contribution in [3.63, 3.8) is 0 Å². The number of hydrazine groups is 1. The van der Waals surface area contributed by atoms with Crippen LogP contribution >= 0.6 is 12.4 Å². The molecular weight excluding hydrogens is 180 g/mol. The molecule has 3 N–H and O–H groups in total. The first-order chi connectivity index (χ1) is 5.20. The number of carbonyl (C=O) groups is 1. The highest BCUT2D eigenvalue weighted by atomic mass is 35.5. The maximum absolute atomic E-state index is 10.8. The van der Waals surface area contributed by atoms with Crippen molar-refractivity contribution in [2.45, 2.75) is 20.3 Å². The number of nitrogens with two attached hydrogens (primary N) is 1. The van der Waals surface area contributed by atoms with Crippen LogP contribution in [0.15, 0.2) is 0 Å². The van der Waals surface area contributed by atoms with Crippen LogP contribution in [0, 0.1) is 5.92 Å². The zero-order valence-corrected chi connectivity index (χ0v) is 8.32. The largest absolute Gasteiger partial charge is 0.466 e. The first-order valence-electron chi connectivity index (χ1n) is 3.79. The summed E-state index contributed by atoms with van der Waals surface area (Å²) in [6.45, 7) is 4.82. The second-order valence-corrected chi connectivity index (χ2v) is 2.52. The van der Waals surface area contributed by atoms with Gasteiger partial charge in [-0.1, -0.05) is 6.92 Å². The molecule has 0 amide bonds. The lowest BCUT2D eigenvalue weighted by atomic mass is 10.1. The van der Waals surface area contributed by atoms with Crippen LogP contribution in [0.2, 0.25) is 0 Å². The minimum atomic E-state index is -0.157. The maximum atomic E-state index is 10.8. The predicted molar refractivity (Wildman–Crippen MR) is 49.9 cm³/mol. The van der Waals surface area contributed by atoms with E-state index in [0.29, 0.717) is 19.6 Å². The summed E-state index contributed by atoms with van der Waals surface area (Å²) in [5.41, 5.74) is 2.51. The Bertz CT molecular complexity index is 122. The molecule has 0 aromatic heterocycles. The molecule has 0 saturated carbocycles. The Kier molecular flexibility index (Phi) is 10.4. The smallest absolute Gasteiger partial charge is 0.306 e. The topological polar surface area (TPSA) is 64.3 Å². The van der Waals surface area contributed by atoms with Gasteiger partial charge in [-0.3, -0.25) is 16.1 Å². The van der Waals surface area contributed by atoms with Gasteiger partial charge in [-0.2, -0.15) is 0 Å². The summed E-state index contributed by atoms with van der Waals surface area (Å²) in [7, 11) is 0. The third-order valence-corrected chi connectivity index (χ3v) is 1.29. The lowest BCUT2D eigenvalue weighted by molar-refractivity contribution is -0.144. The molecule has 0 spiro atoms. The zero-order chi connectivity index (χ0) is 8.69. The van der Waals surface area contributed by atoms with Crippen molar-refractivity contribution in [2.75, 3.05) is 13.2 Å². The van der Waals surface area contributed by atoms with E-state index in [1.807, 2.05) is 6.92 Å². The van der Waals surface area contributed by atoms with Gasteiger partial charge in [0.25, 0.3) is 0 Å². The van der Waals surface area contributed by atoms with Gasteiger partial charge in [-0.25, -0.2) is 0 Å². The van der Waals surface area contributed by atoms with Crippen LogP contribution < -0.4 is 11.3 Å². The molecule has 0 aromatic rings. The molecule has 0 aliphatic heterocycles. The Hall–Kier alpha value is -0.320. The molecule has 1 unspecified atom stereocenters. The fraction of sp³-hybridized carbons (Fsp3) is 0.857. The molecule has 0 rings (SSSR count). The van der Waals surface area contributed by atoms with Crippen molar-refractivity contribution in [1.29, 1.82) is 0 Å². The molecule has 0 saturated heterocycles. The van der Waals surface area contributed by atoms with E-state index in [-0.39, 0.29) is 24.3 Å². The number of rotatable bonds is 5. The Labute approximate surface area is 79.2 Å². The zero-order valence-electron chi connectivity index (χ0n) is 7.50. The van der Waals surface area contributed by atoms with Crippen LogP contribution in [0.3, 0.4) is 0 Å². The molecule has 0 bridgehead atoms. The third-order valence-electron chi connectivity index (χ3n) is 1.29. The van der Waals surface area contributed by atoms with Gasteiger partial charge in [-0.15, -0.1) is 12.4 Å². The maximum Gasteiger partial charge on any atom is 0.306 e. The van der Waals surface area contributed by atoms with Crippen LogP contribution in [0.5, 0.6) is 0 Å². The van der Waals surface area contributed by atoms with Gasteiger partial charge in [0.15, 0.2) is 0 Å². The van der Waals surface area contributed by atoms with Crippen LogP contribution in [-0.2, 0) is 9.53 Å². The van der Waals surface area contributed by atoms with Crippen LogP contribution in [0.25, 0.3) is 0 Å². The molecule has 5 heteroatoms. The molecule has 1 atom stereocenters. The Morgan fingerprint density at radius 3 is 2.67 bits per heavy atom. The van der Waals surface area contributed by atoms with Gasteiger partial charge in [0.2, 0.25) is 0 Å². The molecule has 0 aliphatic rings. The van der Waals surface area contributed by atoms with Gasteiger partial charge >= 0.3 is 5.97 Å². The minimum absolute atomic E-state index is 0. The lowest BCUT2D eigenvalue weighted by Crippen LogP contribution is -2.28. The summed E-state index contributed by atoms with van der Waals surface area (Å²) in [6.07, 6.45) is 0.429. The summed E-state index contributed by atoms with van der Waals surface area (Å²) in [5, 5.41) is 0. The normalized spacial score (nSPS) is 11.6. The number of halogens is 1. The summed E-state index contributed by atoms with van der Waals surface area (Å²) in [4.78, 5) is 10.8. The van der Waals surface area contributed by atoms with E-state index in [0.717, 1.165) is 0 Å². The number of esters is 1. The Morgan fingerprint density at radius 2 is 2.25 bits per heavy atom. The highest BCUT2D eigenvalue weighted by Crippen LogP contribution is 2.00. The first kappa shape index (κ1) is 14.2. The number of nitrogens with one attached hydrogen (secondary N) is 1. The summed E-state index contributed by atoms with van der Waals surface area (Å²) >= 11 is 0. The fourth-order valence-corrected chi connectivity index (χ4v) is 0.778. The lowest BCUT2D eigenvalue weighted by Gasteiger charge is -2.08. The van der Waals surface area contributed by atoms with Crippen molar-refractivity contribution in [2.24, 2.45) is 11.8 Å². The molecular formula is C7H17ClN2O2. The standard InChI is InChI=1S/C7H16N2O2.ClH/c1-3-11-7(10)4-6(2)5-9-8;/h6,9H,3-5,8H2,1-2H3;1H. The van der Waals surface area contributed by atoms with Gasteiger partial charge in [0.05, 0.1) is 6.61 Å². The van der Waals surface area contributed by atoms with Crippen LogP contribution in [0.1, 0.15) is 20.3 Å². The van der Waals surface area contributed by atoms with Gasteiger partial charge in [0.1, 0.15) is 0 Å². The second kappa shape index (κ2) is 8.77. The predicted octanol–water partition coefficient (Wildman–Crippen LogP) is 0.461. The molecule has 0 aliphatic carbocycles. The summed E-state index contributed by atoms with van der Waals surface area (Å²) in [5.74, 6) is 5.16. The first-order valence-corrected chi connectivity index (χ1v) is 3.79. The molecule has 74 valence electrons. The van der Waals surface area contributed by atoms with Crippen molar-refractivity contribution in [3.05, 3.63) is 0 Å². The van der Waals surface area contributed by atoms with Gasteiger partial charge in [-0.05, 0) is 12.8 Å². The van der Waals surface area contributed by atoms with Gasteiger partial charge in [0, 0.05) is 13.0 Å². The SMILES string of the molecule is CCOC(=O)CC(C)CNN.Cl. The minimum Gasteiger partial charge on any atom is -0.466 e. The highest BCUT2D eigenvalue weighted by molar-refractivity contribution is 5.85. The van der Waals surface area contributed by atoms with E-state index in [1.165, 1.54) is 0 Å². The van der Waals surface area contributed by atoms with E-state index in [4.69, 9.17) is 10.6 Å². The van der Waals surface area contributed by atoms with E-state index < -0.39 is 0 Å². The number of hydrogen-bond donors (Lipinski definition) is 2. The molecule has 0 aromatic carbocycles. The van der Waals surface area contributed by atoms with E-state index in [1.54, 1.807) is 6.92 Å².